The van der Waals surface area contributed by atoms with Gasteiger partial charge in [0.1, 0.15) is 0 Å². The summed E-state index contributed by atoms with van der Waals surface area (Å²) in [5, 5.41) is 0.00517. The lowest BCUT2D eigenvalue weighted by Crippen LogP contribution is -2.19. The number of carbonyl (C=O) groups is 2. The van der Waals surface area contributed by atoms with E-state index >= 15 is 0 Å². The summed E-state index contributed by atoms with van der Waals surface area (Å²) in [5.41, 5.74) is 0.121. The van der Waals surface area contributed by atoms with Crippen LogP contribution >= 0.6 is 11.6 Å². The predicted molar refractivity (Wildman–Crippen MR) is 94.9 cm³/mol. The van der Waals surface area contributed by atoms with Crippen LogP contribution in [0.15, 0.2) is 41.3 Å². The molecule has 8 nitrogen and oxygen atoms in total. The van der Waals surface area contributed by atoms with E-state index in [1.807, 2.05) is 0 Å². The topological polar surface area (TPSA) is 108 Å². The highest BCUT2D eigenvalue weighted by Gasteiger charge is 2.21. The zero-order valence-electron chi connectivity index (χ0n) is 14.0. The lowest BCUT2D eigenvalue weighted by Gasteiger charge is -2.08. The van der Waals surface area contributed by atoms with Gasteiger partial charge in [-0.05, 0) is 43.4 Å². The average Bonchev–Trinajstić information content (AvgIpc) is 3.13. The van der Waals surface area contributed by atoms with Crippen molar-refractivity contribution in [3.8, 4) is 11.5 Å². The molecule has 2 aromatic rings. The molecule has 3 rings (SSSR count). The fourth-order valence-corrected chi connectivity index (χ4v) is 3.26. The molecule has 1 aliphatic heterocycles. The first kappa shape index (κ1) is 19.2. The molecular weight excluding hydrogens is 398 g/mol. The van der Waals surface area contributed by atoms with Crippen molar-refractivity contribution in [1.82, 2.24) is 4.72 Å². The highest BCUT2D eigenvalue weighted by molar-refractivity contribution is 7.89. The molecule has 10 heteroatoms. The van der Waals surface area contributed by atoms with Gasteiger partial charge in [-0.2, -0.15) is 0 Å². The second kappa shape index (κ2) is 7.55. The Kier molecular flexibility index (Phi) is 5.36. The van der Waals surface area contributed by atoms with Gasteiger partial charge in [0.05, 0.1) is 15.5 Å². The Morgan fingerprint density at radius 3 is 2.63 bits per heavy atom. The number of rotatable bonds is 6. The standard InChI is InChI=1S/C17H14ClNO7S/c1-19-27(22,23)11-3-4-13(18)12(7-11)17(21)24-8-14(20)10-2-5-15-16(6-10)26-9-25-15/h2-7,19H,8-9H2,1H3. The highest BCUT2D eigenvalue weighted by atomic mass is 35.5. The van der Waals surface area contributed by atoms with Gasteiger partial charge in [-0.3, -0.25) is 4.79 Å². The van der Waals surface area contributed by atoms with Gasteiger partial charge in [0.25, 0.3) is 0 Å². The summed E-state index contributed by atoms with van der Waals surface area (Å²) in [6.07, 6.45) is 0. The van der Waals surface area contributed by atoms with Gasteiger partial charge < -0.3 is 14.2 Å². The van der Waals surface area contributed by atoms with Gasteiger partial charge in [-0.15, -0.1) is 0 Å². The number of carbonyl (C=O) groups excluding carboxylic acids is 2. The lowest BCUT2D eigenvalue weighted by molar-refractivity contribution is 0.0474. The van der Waals surface area contributed by atoms with Crippen LogP contribution in [0.5, 0.6) is 11.5 Å². The van der Waals surface area contributed by atoms with E-state index in [-0.39, 0.29) is 27.8 Å². The molecule has 0 bridgehead atoms. The third kappa shape index (κ3) is 4.05. The molecule has 0 radical (unpaired) electrons. The Hall–Kier alpha value is -2.62. The normalized spacial score (nSPS) is 12.7. The second-order valence-corrected chi connectivity index (χ2v) is 7.71. The number of sulfonamides is 1. The minimum Gasteiger partial charge on any atom is -0.454 e. The molecule has 1 heterocycles. The average molecular weight is 412 g/mol. The first-order chi connectivity index (χ1) is 12.8. The number of esters is 1. The molecule has 0 atom stereocenters. The van der Waals surface area contributed by atoms with Crippen molar-refractivity contribution in [2.75, 3.05) is 20.4 Å². The third-order valence-electron chi connectivity index (χ3n) is 3.77. The van der Waals surface area contributed by atoms with E-state index in [0.717, 1.165) is 6.07 Å². The van der Waals surface area contributed by atoms with Crippen LogP contribution in [0.1, 0.15) is 20.7 Å². The Morgan fingerprint density at radius 1 is 1.15 bits per heavy atom. The minimum atomic E-state index is -3.76. The molecule has 0 amide bonds. The van der Waals surface area contributed by atoms with Gasteiger partial charge >= 0.3 is 5.97 Å². The summed E-state index contributed by atoms with van der Waals surface area (Å²) in [7, 11) is -2.52. The number of Topliss-reactive ketones (excluding diaryl/α,β-unsaturated/α-hetero) is 1. The molecule has 142 valence electrons. The second-order valence-electron chi connectivity index (χ2n) is 5.42. The van der Waals surface area contributed by atoms with E-state index < -0.39 is 28.4 Å². The summed E-state index contributed by atoms with van der Waals surface area (Å²) < 4.78 is 41.2. The van der Waals surface area contributed by atoms with Crippen LogP contribution in [-0.4, -0.2) is 40.6 Å². The summed E-state index contributed by atoms with van der Waals surface area (Å²) in [6, 6.07) is 8.20. The molecule has 0 unspecified atom stereocenters. The summed E-state index contributed by atoms with van der Waals surface area (Å²) in [4.78, 5) is 24.3. The Bertz CT molecular complexity index is 1020. The zero-order valence-corrected chi connectivity index (χ0v) is 15.6. The maximum absolute atomic E-state index is 12.2. The summed E-state index contributed by atoms with van der Waals surface area (Å²) in [5.74, 6) is -0.419. The van der Waals surface area contributed by atoms with Crippen LogP contribution in [-0.2, 0) is 14.8 Å². The maximum atomic E-state index is 12.2. The van der Waals surface area contributed by atoms with Crippen molar-refractivity contribution in [2.24, 2.45) is 0 Å². The third-order valence-corrected chi connectivity index (χ3v) is 5.51. The quantitative estimate of drug-likeness (QED) is 0.572. The molecule has 2 aromatic carbocycles. The van der Waals surface area contributed by atoms with E-state index in [1.165, 1.54) is 31.3 Å². The van der Waals surface area contributed by atoms with E-state index in [0.29, 0.717) is 11.5 Å². The number of fused-ring (bicyclic) bond motifs is 1. The molecule has 0 aromatic heterocycles. The molecule has 1 aliphatic rings. The van der Waals surface area contributed by atoms with Crippen molar-refractivity contribution < 1.29 is 32.2 Å². The number of hydrogen-bond acceptors (Lipinski definition) is 7. The predicted octanol–water partition coefficient (Wildman–Crippen LogP) is 2.02. The number of benzene rings is 2. The van der Waals surface area contributed by atoms with E-state index in [9.17, 15) is 18.0 Å². The fraction of sp³-hybridized carbons (Fsp3) is 0.176. The largest absolute Gasteiger partial charge is 0.454 e. The van der Waals surface area contributed by atoms with E-state index in [2.05, 4.69) is 4.72 Å². The van der Waals surface area contributed by atoms with Gasteiger partial charge in [0, 0.05) is 5.56 Å². The zero-order chi connectivity index (χ0) is 19.6. The molecule has 0 saturated carbocycles. The van der Waals surface area contributed by atoms with Crippen LogP contribution in [0.2, 0.25) is 5.02 Å². The molecule has 0 aliphatic carbocycles. The smallest absolute Gasteiger partial charge is 0.340 e. The Balaban J connectivity index is 1.72. The van der Waals surface area contributed by atoms with Crippen molar-refractivity contribution >= 4 is 33.4 Å². The monoisotopic (exact) mass is 411 g/mol. The van der Waals surface area contributed by atoms with Gasteiger partial charge in [-0.1, -0.05) is 11.6 Å². The summed E-state index contributed by atoms with van der Waals surface area (Å²) >= 11 is 5.95. The number of hydrogen-bond donors (Lipinski definition) is 1. The Labute approximate surface area is 160 Å². The Morgan fingerprint density at radius 2 is 1.89 bits per heavy atom. The van der Waals surface area contributed by atoms with Crippen molar-refractivity contribution in [2.45, 2.75) is 4.90 Å². The molecule has 1 N–H and O–H groups in total. The number of nitrogens with one attached hydrogen (secondary N) is 1. The lowest BCUT2D eigenvalue weighted by atomic mass is 10.1. The molecule has 0 saturated heterocycles. The molecule has 0 spiro atoms. The minimum absolute atomic E-state index is 0.00517. The number of halogens is 1. The number of ketones is 1. The first-order valence-corrected chi connectivity index (χ1v) is 9.51. The van der Waals surface area contributed by atoms with Gasteiger partial charge in [-0.25, -0.2) is 17.9 Å². The molecule has 27 heavy (non-hydrogen) atoms. The van der Waals surface area contributed by atoms with Gasteiger partial charge in [0.2, 0.25) is 16.8 Å². The van der Waals surface area contributed by atoms with Crippen molar-refractivity contribution in [1.29, 1.82) is 0 Å². The number of ether oxygens (including phenoxy) is 3. The summed E-state index contributed by atoms with van der Waals surface area (Å²) in [6.45, 7) is -0.468. The molecular formula is C17H14ClNO7S. The maximum Gasteiger partial charge on any atom is 0.340 e. The molecule has 0 fully saturated rings. The van der Waals surface area contributed by atoms with Crippen LogP contribution in [0.4, 0.5) is 0 Å². The highest BCUT2D eigenvalue weighted by Crippen LogP contribution is 2.32. The van der Waals surface area contributed by atoms with E-state index in [1.54, 1.807) is 6.07 Å². The van der Waals surface area contributed by atoms with E-state index in [4.69, 9.17) is 25.8 Å². The van der Waals surface area contributed by atoms with Crippen molar-refractivity contribution in [3.63, 3.8) is 0 Å². The fourth-order valence-electron chi connectivity index (χ4n) is 2.31. The first-order valence-electron chi connectivity index (χ1n) is 7.65. The van der Waals surface area contributed by atoms with Crippen LogP contribution in [0.3, 0.4) is 0 Å². The van der Waals surface area contributed by atoms with Crippen LogP contribution < -0.4 is 14.2 Å². The van der Waals surface area contributed by atoms with Crippen LogP contribution in [0.25, 0.3) is 0 Å². The SMILES string of the molecule is CNS(=O)(=O)c1ccc(Cl)c(C(=O)OCC(=O)c2ccc3c(c2)OCO3)c1. The van der Waals surface area contributed by atoms with Crippen LogP contribution in [0, 0.1) is 0 Å². The van der Waals surface area contributed by atoms with Gasteiger partial charge in [0.15, 0.2) is 23.9 Å². The van der Waals surface area contributed by atoms with Crippen molar-refractivity contribution in [3.05, 3.63) is 52.5 Å².